The number of hydrogen-bond donors (Lipinski definition) is 3. The van der Waals surface area contributed by atoms with Crippen LogP contribution < -0.4 is 5.73 Å². The molecule has 0 rings (SSSR count). The van der Waals surface area contributed by atoms with E-state index in [1.165, 1.54) is 0 Å². The summed E-state index contributed by atoms with van der Waals surface area (Å²) in [5.74, 6) is -0.521. The highest BCUT2D eigenvalue weighted by molar-refractivity contribution is 7.51. The van der Waals surface area contributed by atoms with E-state index in [0.717, 1.165) is 0 Å². The van der Waals surface area contributed by atoms with Crippen molar-refractivity contribution < 1.29 is 19.1 Å². The van der Waals surface area contributed by atoms with Crippen molar-refractivity contribution >= 4 is 13.4 Å². The van der Waals surface area contributed by atoms with Crippen molar-refractivity contribution in [3.63, 3.8) is 0 Å². The van der Waals surface area contributed by atoms with Gasteiger partial charge in [0.05, 0.1) is 12.2 Å². The molecule has 0 saturated heterocycles. The highest BCUT2D eigenvalue weighted by atomic mass is 31.2. The van der Waals surface area contributed by atoms with Gasteiger partial charge in [-0.25, -0.2) is 0 Å². The second-order valence-electron chi connectivity index (χ2n) is 3.17. The molecule has 1 unspecified atom stereocenters. The smallest absolute Gasteiger partial charge is 0.324 e. The molecule has 78 valence electrons. The molecule has 0 aliphatic carbocycles. The van der Waals surface area contributed by atoms with Crippen molar-refractivity contribution in [3.05, 3.63) is 0 Å². The fourth-order valence-corrected chi connectivity index (χ4v) is 1.61. The van der Waals surface area contributed by atoms with E-state index in [0.29, 0.717) is 6.42 Å². The quantitative estimate of drug-likeness (QED) is 0.558. The third kappa shape index (κ3) is 5.16. The zero-order chi connectivity index (χ0) is 10.6. The summed E-state index contributed by atoms with van der Waals surface area (Å²) in [6.07, 6.45) is 0.0733. The minimum absolute atomic E-state index is 0.235. The van der Waals surface area contributed by atoms with E-state index >= 15 is 0 Å². The molecule has 0 amide bonds. The van der Waals surface area contributed by atoms with Crippen LogP contribution in [0.25, 0.3) is 0 Å². The zero-order valence-corrected chi connectivity index (χ0v) is 8.70. The minimum atomic E-state index is -4.17. The zero-order valence-electron chi connectivity index (χ0n) is 7.80. The van der Waals surface area contributed by atoms with E-state index in [1.807, 2.05) is 6.92 Å². The fraction of sp³-hybridized carbons (Fsp3) is 0.857. The van der Waals surface area contributed by atoms with E-state index < -0.39 is 19.8 Å². The second kappa shape index (κ2) is 4.86. The van der Waals surface area contributed by atoms with E-state index in [-0.39, 0.29) is 11.7 Å². The van der Waals surface area contributed by atoms with Crippen LogP contribution in [0, 0.1) is 5.92 Å². The number of rotatable bonds is 5. The summed E-state index contributed by atoms with van der Waals surface area (Å²) < 4.78 is 10.5. The Morgan fingerprint density at radius 2 is 2.00 bits per heavy atom. The Morgan fingerprint density at radius 3 is 2.31 bits per heavy atom. The van der Waals surface area contributed by atoms with Crippen LogP contribution in [0.1, 0.15) is 20.3 Å². The van der Waals surface area contributed by atoms with Gasteiger partial charge in [0.1, 0.15) is 0 Å². The summed E-state index contributed by atoms with van der Waals surface area (Å²) in [4.78, 5) is 28.4. The predicted molar refractivity (Wildman–Crippen MR) is 49.3 cm³/mol. The highest BCUT2D eigenvalue weighted by Crippen LogP contribution is 2.35. The molecular formula is C7H16NO4P. The first-order chi connectivity index (χ1) is 5.78. The molecule has 4 N–H and O–H groups in total. The molecule has 13 heavy (non-hydrogen) atoms. The molecule has 6 heteroatoms. The summed E-state index contributed by atoms with van der Waals surface area (Å²) in [6, 6.07) is -1.05. The molecule has 0 spiro atoms. The lowest BCUT2D eigenvalue weighted by molar-refractivity contribution is -0.123. The van der Waals surface area contributed by atoms with Gasteiger partial charge in [0.25, 0.3) is 0 Å². The van der Waals surface area contributed by atoms with Crippen LogP contribution in [0.15, 0.2) is 0 Å². The van der Waals surface area contributed by atoms with E-state index in [2.05, 4.69) is 0 Å². The fourth-order valence-electron chi connectivity index (χ4n) is 0.913. The lowest BCUT2D eigenvalue weighted by Crippen LogP contribution is -2.37. The molecule has 0 heterocycles. The summed E-state index contributed by atoms with van der Waals surface area (Å²) in [7, 11) is -4.17. The first kappa shape index (κ1) is 12.8. The summed E-state index contributed by atoms with van der Waals surface area (Å²) in [5, 5.41) is 0. The van der Waals surface area contributed by atoms with Crippen molar-refractivity contribution in [1.82, 2.24) is 0 Å². The Bertz CT molecular complexity index is 225. The maximum absolute atomic E-state index is 11.3. The SMILES string of the molecule is CC[C@H](C)C(=O)C(N)CP(=O)(O)O. The average Bonchev–Trinajstić information content (AvgIpc) is 1.98. The standard InChI is InChI=1S/C7H16NO4P/c1-3-5(2)7(9)6(8)4-13(10,11)12/h5-6H,3-4,8H2,1-2H3,(H2,10,11,12)/t5-,6?/m0/s1. The van der Waals surface area contributed by atoms with Crippen LogP contribution in [0.3, 0.4) is 0 Å². The molecule has 0 aliphatic heterocycles. The first-order valence-corrected chi connectivity index (χ1v) is 5.91. The summed E-state index contributed by atoms with van der Waals surface area (Å²) in [6.45, 7) is 3.52. The third-order valence-electron chi connectivity index (χ3n) is 1.90. The number of hydrogen-bond acceptors (Lipinski definition) is 3. The lowest BCUT2D eigenvalue weighted by Gasteiger charge is -2.15. The van der Waals surface area contributed by atoms with Crippen LogP contribution in [-0.4, -0.2) is 27.8 Å². The minimum Gasteiger partial charge on any atom is -0.324 e. The van der Waals surface area contributed by atoms with Gasteiger partial charge in [-0.2, -0.15) is 0 Å². The molecule has 0 aromatic carbocycles. The Balaban J connectivity index is 4.20. The molecule has 0 aromatic rings. The number of Topliss-reactive ketones (excluding diaryl/α,β-unsaturated/α-hetero) is 1. The topological polar surface area (TPSA) is 101 Å². The first-order valence-electron chi connectivity index (χ1n) is 4.11. The Hall–Kier alpha value is -0.220. The molecular weight excluding hydrogens is 193 g/mol. The molecule has 0 saturated carbocycles. The van der Waals surface area contributed by atoms with Gasteiger partial charge in [0, 0.05) is 5.92 Å². The number of carbonyl (C=O) groups is 1. The van der Waals surface area contributed by atoms with Gasteiger partial charge in [-0.05, 0) is 6.42 Å². The van der Waals surface area contributed by atoms with E-state index in [9.17, 15) is 9.36 Å². The maximum Gasteiger partial charge on any atom is 0.327 e. The van der Waals surface area contributed by atoms with E-state index in [4.69, 9.17) is 15.5 Å². The largest absolute Gasteiger partial charge is 0.327 e. The molecule has 0 fully saturated rings. The van der Waals surface area contributed by atoms with Gasteiger partial charge in [-0.3, -0.25) is 9.36 Å². The van der Waals surface area contributed by atoms with Gasteiger partial charge in [-0.1, -0.05) is 13.8 Å². The molecule has 0 radical (unpaired) electrons. The predicted octanol–water partition coefficient (Wildman–Crippen LogP) is 0.107. The molecule has 0 aliphatic rings. The lowest BCUT2D eigenvalue weighted by atomic mass is 9.99. The monoisotopic (exact) mass is 209 g/mol. The summed E-state index contributed by atoms with van der Waals surface area (Å²) >= 11 is 0. The highest BCUT2D eigenvalue weighted by Gasteiger charge is 2.26. The van der Waals surface area contributed by atoms with Crippen LogP contribution >= 0.6 is 7.60 Å². The Labute approximate surface area is 77.5 Å². The van der Waals surface area contributed by atoms with Crippen molar-refractivity contribution in [2.24, 2.45) is 11.7 Å². The molecule has 0 aromatic heterocycles. The van der Waals surface area contributed by atoms with Crippen LogP contribution in [0.4, 0.5) is 0 Å². The average molecular weight is 209 g/mol. The maximum atomic E-state index is 11.3. The van der Waals surface area contributed by atoms with Crippen LogP contribution in [0.2, 0.25) is 0 Å². The van der Waals surface area contributed by atoms with Crippen molar-refractivity contribution in [2.75, 3.05) is 6.16 Å². The summed E-state index contributed by atoms with van der Waals surface area (Å²) in [5.41, 5.74) is 5.34. The van der Waals surface area contributed by atoms with Crippen LogP contribution in [-0.2, 0) is 9.36 Å². The van der Waals surface area contributed by atoms with Gasteiger partial charge in [-0.15, -0.1) is 0 Å². The molecule has 0 bridgehead atoms. The van der Waals surface area contributed by atoms with Crippen LogP contribution in [0.5, 0.6) is 0 Å². The third-order valence-corrected chi connectivity index (χ3v) is 2.77. The van der Waals surface area contributed by atoms with Gasteiger partial charge < -0.3 is 15.5 Å². The van der Waals surface area contributed by atoms with Crippen molar-refractivity contribution in [2.45, 2.75) is 26.3 Å². The van der Waals surface area contributed by atoms with Crippen molar-refractivity contribution in [3.8, 4) is 0 Å². The van der Waals surface area contributed by atoms with Gasteiger partial charge in [0.2, 0.25) is 0 Å². The Kier molecular flexibility index (Phi) is 4.78. The molecule has 2 atom stereocenters. The number of nitrogens with two attached hydrogens (primary N) is 1. The normalized spacial score (nSPS) is 16.7. The molecule has 5 nitrogen and oxygen atoms in total. The van der Waals surface area contributed by atoms with E-state index in [1.54, 1.807) is 6.92 Å². The van der Waals surface area contributed by atoms with Crippen molar-refractivity contribution in [1.29, 1.82) is 0 Å². The van der Waals surface area contributed by atoms with Gasteiger partial charge >= 0.3 is 7.60 Å². The van der Waals surface area contributed by atoms with Gasteiger partial charge in [0.15, 0.2) is 5.78 Å². The number of carbonyl (C=O) groups excluding carboxylic acids is 1. The Morgan fingerprint density at radius 1 is 1.54 bits per heavy atom. The second-order valence-corrected chi connectivity index (χ2v) is 4.86. The number of ketones is 1.